The van der Waals surface area contributed by atoms with Gasteiger partial charge in [-0.1, -0.05) is 6.07 Å². The van der Waals surface area contributed by atoms with Gasteiger partial charge >= 0.3 is 0 Å². The Morgan fingerprint density at radius 2 is 1.88 bits per heavy atom. The second-order valence-corrected chi connectivity index (χ2v) is 6.07. The molecule has 0 N–H and O–H groups in total. The van der Waals surface area contributed by atoms with Crippen molar-refractivity contribution in [1.29, 1.82) is 0 Å². The summed E-state index contributed by atoms with van der Waals surface area (Å²) in [5.41, 5.74) is 3.23. The lowest BCUT2D eigenvalue weighted by Crippen LogP contribution is -2.44. The zero-order chi connectivity index (χ0) is 18.0. The van der Waals surface area contributed by atoms with E-state index in [0.717, 1.165) is 36.5 Å². The summed E-state index contributed by atoms with van der Waals surface area (Å²) in [6, 6.07) is 6.76. The third-order valence-electron chi connectivity index (χ3n) is 4.33. The summed E-state index contributed by atoms with van der Waals surface area (Å²) in [5.74, 6) is -0.486. The first kappa shape index (κ1) is 17.2. The molecule has 5 nitrogen and oxygen atoms in total. The number of aryl methyl sites for hydroxylation is 2. The minimum atomic E-state index is -0.560. The van der Waals surface area contributed by atoms with Gasteiger partial charge in [-0.15, -0.1) is 0 Å². The summed E-state index contributed by atoms with van der Waals surface area (Å²) in [4.78, 5) is 18.1. The van der Waals surface area contributed by atoms with Crippen molar-refractivity contribution in [2.24, 2.45) is 0 Å². The van der Waals surface area contributed by atoms with Crippen LogP contribution in [0.15, 0.2) is 24.3 Å². The predicted molar refractivity (Wildman–Crippen MR) is 92.3 cm³/mol. The highest BCUT2D eigenvalue weighted by Crippen LogP contribution is 2.40. The summed E-state index contributed by atoms with van der Waals surface area (Å²) in [6.45, 7) is 5.06. The molecule has 0 aliphatic carbocycles. The lowest BCUT2D eigenvalue weighted by molar-refractivity contribution is -0.136. The van der Waals surface area contributed by atoms with Crippen molar-refractivity contribution in [3.8, 4) is 22.6 Å². The number of carbonyl (C=O) groups excluding carboxylic acids is 1. The van der Waals surface area contributed by atoms with E-state index in [0.29, 0.717) is 5.56 Å². The lowest BCUT2D eigenvalue weighted by atomic mass is 10.0. The molecular weight excluding hydrogens is 323 g/mol. The number of likely N-dealkylation sites (tertiary alicyclic amines) is 1. The molecule has 1 aliphatic heterocycles. The third-order valence-corrected chi connectivity index (χ3v) is 4.33. The largest absolute Gasteiger partial charge is 0.492 e. The Balaban J connectivity index is 1.93. The molecule has 1 amide bonds. The first-order chi connectivity index (χ1) is 12.0. The number of hydrogen-bond acceptors (Lipinski definition) is 4. The van der Waals surface area contributed by atoms with Crippen LogP contribution in [0.4, 0.5) is 4.39 Å². The normalized spacial score (nSPS) is 13.4. The number of hydrogen-bond donors (Lipinski definition) is 0. The molecule has 1 aromatic carbocycles. The Morgan fingerprint density at radius 3 is 2.48 bits per heavy atom. The van der Waals surface area contributed by atoms with Gasteiger partial charge in [0.05, 0.1) is 7.11 Å². The molecule has 2 heterocycles. The van der Waals surface area contributed by atoms with Crippen LogP contribution in [0.5, 0.6) is 11.5 Å². The van der Waals surface area contributed by atoms with Gasteiger partial charge in [0.25, 0.3) is 5.91 Å². The fraction of sp³-hybridized carbons (Fsp3) is 0.368. The van der Waals surface area contributed by atoms with Crippen molar-refractivity contribution >= 4 is 5.91 Å². The Hall–Kier alpha value is -2.63. The van der Waals surface area contributed by atoms with Crippen molar-refractivity contribution < 1.29 is 18.7 Å². The minimum absolute atomic E-state index is 0.0474. The predicted octanol–water partition coefficient (Wildman–Crippen LogP) is 3.12. The van der Waals surface area contributed by atoms with Gasteiger partial charge in [0.1, 0.15) is 0 Å². The van der Waals surface area contributed by atoms with Crippen LogP contribution in [0.1, 0.15) is 17.8 Å². The first-order valence-corrected chi connectivity index (χ1v) is 8.23. The van der Waals surface area contributed by atoms with Gasteiger partial charge in [-0.25, -0.2) is 4.39 Å². The highest BCUT2D eigenvalue weighted by molar-refractivity contribution is 5.79. The quantitative estimate of drug-likeness (QED) is 0.836. The van der Waals surface area contributed by atoms with Crippen molar-refractivity contribution in [3.63, 3.8) is 0 Å². The number of amides is 1. The van der Waals surface area contributed by atoms with Gasteiger partial charge in [0, 0.05) is 35.6 Å². The van der Waals surface area contributed by atoms with E-state index < -0.39 is 5.82 Å². The Kier molecular flexibility index (Phi) is 4.88. The van der Waals surface area contributed by atoms with E-state index >= 15 is 0 Å². The molecular formula is C19H21FN2O3. The number of pyridine rings is 1. The third kappa shape index (κ3) is 3.43. The van der Waals surface area contributed by atoms with Gasteiger partial charge in [-0.05, 0) is 38.5 Å². The van der Waals surface area contributed by atoms with E-state index in [9.17, 15) is 9.18 Å². The van der Waals surface area contributed by atoms with Gasteiger partial charge < -0.3 is 14.4 Å². The Labute approximate surface area is 146 Å². The average molecular weight is 344 g/mol. The van der Waals surface area contributed by atoms with Gasteiger partial charge in [-0.3, -0.25) is 9.78 Å². The van der Waals surface area contributed by atoms with Crippen molar-refractivity contribution in [1.82, 2.24) is 9.88 Å². The number of nitrogens with zero attached hydrogens (tertiary/aromatic N) is 2. The number of rotatable bonds is 5. The molecule has 0 bridgehead atoms. The van der Waals surface area contributed by atoms with Crippen LogP contribution < -0.4 is 9.47 Å². The minimum Gasteiger partial charge on any atom is -0.492 e. The van der Waals surface area contributed by atoms with E-state index in [1.165, 1.54) is 13.2 Å². The van der Waals surface area contributed by atoms with Crippen molar-refractivity contribution in [2.75, 3.05) is 26.8 Å². The maximum absolute atomic E-state index is 14.3. The van der Waals surface area contributed by atoms with E-state index in [2.05, 4.69) is 4.98 Å². The molecule has 0 spiro atoms. The van der Waals surface area contributed by atoms with Gasteiger partial charge in [0.15, 0.2) is 23.9 Å². The molecule has 1 aliphatic rings. The molecule has 1 saturated heterocycles. The van der Waals surface area contributed by atoms with Gasteiger partial charge in [0.2, 0.25) is 0 Å². The Bertz CT molecular complexity index is 803. The summed E-state index contributed by atoms with van der Waals surface area (Å²) >= 11 is 0. The smallest absolute Gasteiger partial charge is 0.260 e. The first-order valence-electron chi connectivity index (χ1n) is 8.23. The lowest BCUT2D eigenvalue weighted by Gasteiger charge is -2.30. The maximum atomic E-state index is 14.3. The van der Waals surface area contributed by atoms with Crippen LogP contribution in [0.3, 0.4) is 0 Å². The van der Waals surface area contributed by atoms with E-state index in [1.807, 2.05) is 26.0 Å². The molecule has 0 unspecified atom stereocenters. The fourth-order valence-corrected chi connectivity index (χ4v) is 2.85. The van der Waals surface area contributed by atoms with Crippen molar-refractivity contribution in [3.05, 3.63) is 41.5 Å². The molecule has 3 rings (SSSR count). The van der Waals surface area contributed by atoms with Crippen molar-refractivity contribution in [2.45, 2.75) is 20.3 Å². The van der Waals surface area contributed by atoms with Crippen LogP contribution in [0.25, 0.3) is 11.1 Å². The fourth-order valence-electron chi connectivity index (χ4n) is 2.85. The molecule has 1 fully saturated rings. The standard InChI is InChI=1S/C19H21FN2O3/c1-12-5-6-14(13(2)21-12)15-7-8-16(20)19(18(15)24-3)25-11-17(23)22-9-4-10-22/h5-8H,4,9-11H2,1-3H3. The SMILES string of the molecule is COc1c(-c2ccc(C)nc2C)ccc(F)c1OCC(=O)N1CCC1. The van der Waals surface area contributed by atoms with Crippen LogP contribution >= 0.6 is 0 Å². The summed E-state index contributed by atoms with van der Waals surface area (Å²) in [7, 11) is 1.46. The maximum Gasteiger partial charge on any atom is 0.260 e. The number of methoxy groups -OCH3 is 1. The van der Waals surface area contributed by atoms with E-state index in [-0.39, 0.29) is 24.0 Å². The van der Waals surface area contributed by atoms with Crippen LogP contribution in [-0.4, -0.2) is 42.6 Å². The topological polar surface area (TPSA) is 51.7 Å². The van der Waals surface area contributed by atoms with E-state index in [1.54, 1.807) is 11.0 Å². The molecule has 2 aromatic rings. The zero-order valence-electron chi connectivity index (χ0n) is 14.6. The van der Waals surface area contributed by atoms with Crippen LogP contribution in [0.2, 0.25) is 0 Å². The number of ether oxygens (including phenoxy) is 2. The van der Waals surface area contributed by atoms with E-state index in [4.69, 9.17) is 9.47 Å². The highest BCUT2D eigenvalue weighted by Gasteiger charge is 2.23. The van der Waals surface area contributed by atoms with Gasteiger partial charge in [-0.2, -0.15) is 0 Å². The number of carbonyl (C=O) groups is 1. The molecule has 0 saturated carbocycles. The summed E-state index contributed by atoms with van der Waals surface area (Å²) in [5, 5.41) is 0. The second kappa shape index (κ2) is 7.09. The molecule has 0 radical (unpaired) electrons. The zero-order valence-corrected chi connectivity index (χ0v) is 14.6. The monoisotopic (exact) mass is 344 g/mol. The molecule has 0 atom stereocenters. The van der Waals surface area contributed by atoms with Crippen LogP contribution in [0, 0.1) is 19.7 Å². The number of aromatic nitrogens is 1. The number of benzene rings is 1. The highest BCUT2D eigenvalue weighted by atomic mass is 19.1. The molecule has 6 heteroatoms. The number of halogens is 1. The molecule has 25 heavy (non-hydrogen) atoms. The molecule has 132 valence electrons. The summed E-state index contributed by atoms with van der Waals surface area (Å²) in [6.07, 6.45) is 0.999. The Morgan fingerprint density at radius 1 is 1.16 bits per heavy atom. The molecule has 1 aromatic heterocycles. The van der Waals surface area contributed by atoms with Crippen LogP contribution in [-0.2, 0) is 4.79 Å². The summed E-state index contributed by atoms with van der Waals surface area (Å²) < 4.78 is 25.2. The average Bonchev–Trinajstić information content (AvgIpc) is 2.52. The second-order valence-electron chi connectivity index (χ2n) is 6.07.